The predicted octanol–water partition coefficient (Wildman–Crippen LogP) is 3.69. The van der Waals surface area contributed by atoms with E-state index in [0.29, 0.717) is 11.5 Å². The van der Waals surface area contributed by atoms with Crippen LogP contribution in [0.1, 0.15) is 6.92 Å². The summed E-state index contributed by atoms with van der Waals surface area (Å²) in [5, 5.41) is 7.04. The van der Waals surface area contributed by atoms with E-state index in [1.807, 2.05) is 36.4 Å². The van der Waals surface area contributed by atoms with Gasteiger partial charge in [0, 0.05) is 23.3 Å². The molecule has 0 saturated carbocycles. The first-order chi connectivity index (χ1) is 12.6. The Morgan fingerprint density at radius 3 is 2.62 bits per heavy atom. The molecule has 1 heterocycles. The number of benzene rings is 2. The molecular formula is C20H21N3O3. The van der Waals surface area contributed by atoms with Crippen molar-refractivity contribution in [1.82, 2.24) is 4.98 Å². The van der Waals surface area contributed by atoms with Gasteiger partial charge >= 0.3 is 0 Å². The minimum absolute atomic E-state index is 0.142. The summed E-state index contributed by atoms with van der Waals surface area (Å²) in [6.45, 7) is 1.80. The Morgan fingerprint density at radius 1 is 1.04 bits per heavy atom. The maximum absolute atomic E-state index is 12.6. The Labute approximate surface area is 152 Å². The first kappa shape index (κ1) is 17.5. The highest BCUT2D eigenvalue weighted by molar-refractivity contribution is 6.03. The molecule has 2 N–H and O–H groups in total. The van der Waals surface area contributed by atoms with Gasteiger partial charge in [-0.3, -0.25) is 9.78 Å². The number of pyridine rings is 1. The molecule has 3 aromatic rings. The second kappa shape index (κ2) is 7.74. The number of hydrogen-bond acceptors (Lipinski definition) is 5. The largest absolute Gasteiger partial charge is 0.493 e. The normalized spacial score (nSPS) is 11.7. The summed E-state index contributed by atoms with van der Waals surface area (Å²) in [7, 11) is 3.16. The minimum atomic E-state index is -0.444. The maximum Gasteiger partial charge on any atom is 0.246 e. The lowest BCUT2D eigenvalue weighted by Crippen LogP contribution is -2.31. The van der Waals surface area contributed by atoms with Gasteiger partial charge in [-0.1, -0.05) is 6.07 Å². The lowest BCUT2D eigenvalue weighted by Gasteiger charge is -2.17. The van der Waals surface area contributed by atoms with Crippen LogP contribution >= 0.6 is 0 Å². The van der Waals surface area contributed by atoms with Gasteiger partial charge in [0.2, 0.25) is 5.91 Å². The second-order valence-electron chi connectivity index (χ2n) is 5.80. The highest BCUT2D eigenvalue weighted by Crippen LogP contribution is 2.30. The van der Waals surface area contributed by atoms with Gasteiger partial charge in [0.05, 0.1) is 25.4 Å². The van der Waals surface area contributed by atoms with Crippen molar-refractivity contribution in [1.29, 1.82) is 0 Å². The van der Waals surface area contributed by atoms with Crippen LogP contribution in [0.2, 0.25) is 0 Å². The molecule has 0 saturated heterocycles. The Morgan fingerprint density at radius 2 is 1.85 bits per heavy atom. The highest BCUT2D eigenvalue weighted by atomic mass is 16.5. The minimum Gasteiger partial charge on any atom is -0.493 e. The zero-order valence-electron chi connectivity index (χ0n) is 14.9. The molecule has 0 bridgehead atoms. The first-order valence-corrected chi connectivity index (χ1v) is 8.25. The van der Waals surface area contributed by atoms with Gasteiger partial charge in [-0.25, -0.2) is 0 Å². The molecule has 1 aromatic heterocycles. The van der Waals surface area contributed by atoms with Crippen LogP contribution in [0.15, 0.2) is 54.7 Å². The summed E-state index contributed by atoms with van der Waals surface area (Å²) in [5.41, 5.74) is 2.34. The van der Waals surface area contributed by atoms with E-state index in [4.69, 9.17) is 9.47 Å². The number of nitrogens with one attached hydrogen (secondary N) is 2. The number of methoxy groups -OCH3 is 2. The molecule has 0 aliphatic carbocycles. The lowest BCUT2D eigenvalue weighted by molar-refractivity contribution is -0.116. The number of carbonyl (C=O) groups is 1. The number of ether oxygens (including phenoxy) is 2. The molecule has 1 atom stereocenters. The van der Waals surface area contributed by atoms with E-state index < -0.39 is 6.04 Å². The fourth-order valence-corrected chi connectivity index (χ4v) is 2.69. The van der Waals surface area contributed by atoms with E-state index in [1.165, 1.54) is 0 Å². The van der Waals surface area contributed by atoms with E-state index in [0.717, 1.165) is 22.3 Å². The van der Waals surface area contributed by atoms with Crippen LogP contribution in [-0.2, 0) is 4.79 Å². The fourth-order valence-electron chi connectivity index (χ4n) is 2.69. The van der Waals surface area contributed by atoms with E-state index >= 15 is 0 Å². The average Bonchev–Trinajstić information content (AvgIpc) is 2.68. The summed E-state index contributed by atoms with van der Waals surface area (Å²) in [5.74, 6) is 1.10. The molecule has 0 spiro atoms. The number of amides is 1. The zero-order chi connectivity index (χ0) is 18.5. The molecule has 0 radical (unpaired) electrons. The van der Waals surface area contributed by atoms with Crippen LogP contribution in [0.25, 0.3) is 10.9 Å². The Balaban J connectivity index is 1.74. The fraction of sp³-hybridized carbons (Fsp3) is 0.200. The number of anilines is 2. The quantitative estimate of drug-likeness (QED) is 0.709. The summed E-state index contributed by atoms with van der Waals surface area (Å²) >= 11 is 0. The predicted molar refractivity (Wildman–Crippen MR) is 103 cm³/mol. The molecule has 1 unspecified atom stereocenters. The van der Waals surface area contributed by atoms with Gasteiger partial charge in [0.25, 0.3) is 0 Å². The Kier molecular flexibility index (Phi) is 5.22. The van der Waals surface area contributed by atoms with E-state index in [-0.39, 0.29) is 5.91 Å². The smallest absolute Gasteiger partial charge is 0.246 e. The summed E-state index contributed by atoms with van der Waals surface area (Å²) in [6.07, 6.45) is 1.73. The molecular weight excluding hydrogens is 330 g/mol. The number of nitrogens with zero attached hydrogens (tertiary/aromatic N) is 1. The van der Waals surface area contributed by atoms with Crippen molar-refractivity contribution in [3.63, 3.8) is 0 Å². The standard InChI is InChI=1S/C20H21N3O3/c1-13(22-14-9-10-18(25-2)19(12-14)26-3)20(24)23-17-8-4-7-16-15(17)6-5-11-21-16/h4-13,22H,1-3H3,(H,23,24). The topological polar surface area (TPSA) is 72.5 Å². The van der Waals surface area contributed by atoms with E-state index in [9.17, 15) is 4.79 Å². The van der Waals surface area contributed by atoms with Crippen molar-refractivity contribution >= 4 is 28.2 Å². The number of aromatic nitrogens is 1. The van der Waals surface area contributed by atoms with E-state index in [2.05, 4.69) is 15.6 Å². The SMILES string of the molecule is COc1ccc(NC(C)C(=O)Nc2cccc3ncccc23)cc1OC. The molecule has 2 aromatic carbocycles. The lowest BCUT2D eigenvalue weighted by atomic mass is 10.1. The zero-order valence-corrected chi connectivity index (χ0v) is 14.9. The van der Waals surface area contributed by atoms with Crippen molar-refractivity contribution in [3.05, 3.63) is 54.7 Å². The third kappa shape index (κ3) is 3.69. The molecule has 1 amide bonds. The van der Waals surface area contributed by atoms with Crippen molar-refractivity contribution in [2.75, 3.05) is 24.9 Å². The molecule has 0 aliphatic heterocycles. The highest BCUT2D eigenvalue weighted by Gasteiger charge is 2.15. The summed E-state index contributed by atoms with van der Waals surface area (Å²) in [4.78, 5) is 16.9. The molecule has 3 rings (SSSR count). The Hall–Kier alpha value is -3.28. The van der Waals surface area contributed by atoms with Crippen molar-refractivity contribution in [3.8, 4) is 11.5 Å². The van der Waals surface area contributed by atoms with E-state index in [1.54, 1.807) is 39.5 Å². The van der Waals surface area contributed by atoms with Gasteiger partial charge in [0.1, 0.15) is 6.04 Å². The monoisotopic (exact) mass is 351 g/mol. The number of hydrogen-bond donors (Lipinski definition) is 2. The van der Waals surface area contributed by atoms with Gasteiger partial charge in [-0.05, 0) is 43.3 Å². The molecule has 6 heteroatoms. The molecule has 0 aliphatic rings. The summed E-state index contributed by atoms with van der Waals surface area (Å²) < 4.78 is 10.5. The van der Waals surface area contributed by atoms with Gasteiger partial charge in [-0.2, -0.15) is 0 Å². The van der Waals surface area contributed by atoms with Crippen LogP contribution < -0.4 is 20.1 Å². The molecule has 6 nitrogen and oxygen atoms in total. The second-order valence-corrected chi connectivity index (χ2v) is 5.80. The third-order valence-electron chi connectivity index (χ3n) is 4.06. The Bertz CT molecular complexity index is 922. The average molecular weight is 351 g/mol. The first-order valence-electron chi connectivity index (χ1n) is 8.25. The van der Waals surface area contributed by atoms with Gasteiger partial charge in [0.15, 0.2) is 11.5 Å². The number of rotatable bonds is 6. The van der Waals surface area contributed by atoms with Crippen molar-refractivity contribution in [2.45, 2.75) is 13.0 Å². The molecule has 0 fully saturated rings. The maximum atomic E-state index is 12.6. The molecule has 134 valence electrons. The number of fused-ring (bicyclic) bond motifs is 1. The van der Waals surface area contributed by atoms with Gasteiger partial charge in [-0.15, -0.1) is 0 Å². The summed E-state index contributed by atoms with van der Waals surface area (Å²) in [6, 6.07) is 14.4. The van der Waals surface area contributed by atoms with Crippen molar-refractivity contribution in [2.24, 2.45) is 0 Å². The van der Waals surface area contributed by atoms with Crippen molar-refractivity contribution < 1.29 is 14.3 Å². The van der Waals surface area contributed by atoms with Crippen LogP contribution in [-0.4, -0.2) is 31.2 Å². The number of carbonyl (C=O) groups excluding carboxylic acids is 1. The third-order valence-corrected chi connectivity index (χ3v) is 4.06. The van der Waals surface area contributed by atoms with Crippen LogP contribution in [0.3, 0.4) is 0 Å². The van der Waals surface area contributed by atoms with Crippen LogP contribution in [0, 0.1) is 0 Å². The van der Waals surface area contributed by atoms with Gasteiger partial charge < -0.3 is 20.1 Å². The van der Waals surface area contributed by atoms with Crippen LogP contribution in [0.4, 0.5) is 11.4 Å². The molecule has 26 heavy (non-hydrogen) atoms. The van der Waals surface area contributed by atoms with Crippen LogP contribution in [0.5, 0.6) is 11.5 Å².